The Morgan fingerprint density at radius 1 is 1.20 bits per heavy atom. The fraction of sp³-hybridized carbons (Fsp3) is 0.500. The third-order valence-corrected chi connectivity index (χ3v) is 3.00. The van der Waals surface area contributed by atoms with Crippen LogP contribution in [0, 0.1) is 19.8 Å². The quantitative estimate of drug-likeness (QED) is 0.679. The van der Waals surface area contributed by atoms with Gasteiger partial charge in [-0.3, -0.25) is 4.79 Å². The highest BCUT2D eigenvalue weighted by Gasteiger charge is 2.17. The smallest absolute Gasteiger partial charge is 0.166 e. The van der Waals surface area contributed by atoms with E-state index in [1.807, 2.05) is 19.1 Å². The van der Waals surface area contributed by atoms with E-state index >= 15 is 0 Å². The van der Waals surface area contributed by atoms with Gasteiger partial charge < -0.3 is 0 Å². The summed E-state index contributed by atoms with van der Waals surface area (Å²) in [6.45, 7) is 8.23. The van der Waals surface area contributed by atoms with E-state index in [-0.39, 0.29) is 5.92 Å². The molecule has 0 saturated carbocycles. The molecule has 1 aromatic rings. The summed E-state index contributed by atoms with van der Waals surface area (Å²) in [5.41, 5.74) is 3.22. The Morgan fingerprint density at radius 3 is 2.27 bits per heavy atom. The Kier molecular flexibility index (Phi) is 4.07. The molecule has 0 heterocycles. The van der Waals surface area contributed by atoms with Crippen LogP contribution in [0.5, 0.6) is 0 Å². The molecule has 15 heavy (non-hydrogen) atoms. The molecular weight excluding hydrogens is 184 g/mol. The topological polar surface area (TPSA) is 17.1 Å². The second-order valence-electron chi connectivity index (χ2n) is 4.20. The van der Waals surface area contributed by atoms with Crippen LogP contribution < -0.4 is 0 Å². The van der Waals surface area contributed by atoms with Crippen LogP contribution in [0.4, 0.5) is 0 Å². The number of ketones is 1. The molecule has 1 heteroatoms. The van der Waals surface area contributed by atoms with Crippen LogP contribution in [0.2, 0.25) is 0 Å². The van der Waals surface area contributed by atoms with E-state index in [1.54, 1.807) is 0 Å². The van der Waals surface area contributed by atoms with Gasteiger partial charge in [0.05, 0.1) is 0 Å². The van der Waals surface area contributed by atoms with Crippen molar-refractivity contribution in [2.24, 2.45) is 5.92 Å². The molecule has 0 spiro atoms. The molecular formula is C14H20O. The van der Waals surface area contributed by atoms with Gasteiger partial charge in [0.2, 0.25) is 0 Å². The molecule has 0 radical (unpaired) electrons. The zero-order valence-electron chi connectivity index (χ0n) is 10.1. The zero-order valence-corrected chi connectivity index (χ0v) is 10.1. The van der Waals surface area contributed by atoms with E-state index in [0.29, 0.717) is 5.78 Å². The molecule has 0 saturated heterocycles. The van der Waals surface area contributed by atoms with Gasteiger partial charge in [-0.15, -0.1) is 0 Å². The van der Waals surface area contributed by atoms with Crippen LogP contribution in [-0.2, 0) is 0 Å². The molecule has 0 atom stereocenters. The molecule has 0 amide bonds. The predicted octanol–water partition coefficient (Wildman–Crippen LogP) is 3.92. The van der Waals surface area contributed by atoms with Gasteiger partial charge in [-0.1, -0.05) is 37.6 Å². The highest BCUT2D eigenvalue weighted by atomic mass is 16.1. The van der Waals surface area contributed by atoms with Crippen molar-refractivity contribution in [3.8, 4) is 0 Å². The van der Waals surface area contributed by atoms with Crippen molar-refractivity contribution in [2.45, 2.75) is 40.5 Å². The molecule has 1 rings (SSSR count). The molecule has 0 unspecified atom stereocenters. The fourth-order valence-electron chi connectivity index (χ4n) is 1.97. The minimum atomic E-state index is 0.186. The average Bonchev–Trinajstić information content (AvgIpc) is 2.19. The average molecular weight is 204 g/mol. The first-order valence-electron chi connectivity index (χ1n) is 5.71. The summed E-state index contributed by atoms with van der Waals surface area (Å²) in [5, 5.41) is 0. The molecule has 0 aliphatic carbocycles. The van der Waals surface area contributed by atoms with Crippen molar-refractivity contribution in [3.63, 3.8) is 0 Å². The molecule has 0 N–H and O–H groups in total. The minimum Gasteiger partial charge on any atom is -0.294 e. The largest absolute Gasteiger partial charge is 0.294 e. The van der Waals surface area contributed by atoms with Crippen molar-refractivity contribution in [3.05, 3.63) is 34.9 Å². The summed E-state index contributed by atoms with van der Waals surface area (Å²) in [5.74, 6) is 0.490. The number of carbonyl (C=O) groups is 1. The maximum Gasteiger partial charge on any atom is 0.166 e. The Labute approximate surface area is 92.5 Å². The van der Waals surface area contributed by atoms with Crippen molar-refractivity contribution in [2.75, 3.05) is 0 Å². The lowest BCUT2D eigenvalue weighted by Gasteiger charge is -2.13. The van der Waals surface area contributed by atoms with Crippen molar-refractivity contribution in [1.29, 1.82) is 0 Å². The van der Waals surface area contributed by atoms with E-state index in [1.165, 1.54) is 5.56 Å². The van der Waals surface area contributed by atoms with Gasteiger partial charge >= 0.3 is 0 Å². The summed E-state index contributed by atoms with van der Waals surface area (Å²) >= 11 is 0. The third-order valence-electron chi connectivity index (χ3n) is 3.00. The van der Waals surface area contributed by atoms with E-state index in [4.69, 9.17) is 0 Å². The van der Waals surface area contributed by atoms with Crippen molar-refractivity contribution in [1.82, 2.24) is 0 Å². The van der Waals surface area contributed by atoms with Gasteiger partial charge in [-0.05, 0) is 32.3 Å². The SMILES string of the molecule is CCC(CC)C(=O)c1ccc(C)cc1C. The highest BCUT2D eigenvalue weighted by molar-refractivity contribution is 5.99. The molecule has 0 aliphatic rings. The van der Waals surface area contributed by atoms with Crippen LogP contribution in [0.25, 0.3) is 0 Å². The fourth-order valence-corrected chi connectivity index (χ4v) is 1.97. The van der Waals surface area contributed by atoms with Gasteiger partial charge in [0, 0.05) is 11.5 Å². The molecule has 1 aromatic carbocycles. The standard InChI is InChI=1S/C14H20O/c1-5-12(6-2)14(15)13-8-7-10(3)9-11(13)4/h7-9,12H,5-6H2,1-4H3. The second kappa shape index (κ2) is 5.11. The van der Waals surface area contributed by atoms with Crippen LogP contribution >= 0.6 is 0 Å². The molecule has 82 valence electrons. The van der Waals surface area contributed by atoms with Crippen LogP contribution in [0.15, 0.2) is 18.2 Å². The van der Waals surface area contributed by atoms with Crippen LogP contribution in [-0.4, -0.2) is 5.78 Å². The molecule has 0 fully saturated rings. The number of hydrogen-bond acceptors (Lipinski definition) is 1. The Hall–Kier alpha value is -1.11. The zero-order chi connectivity index (χ0) is 11.4. The Morgan fingerprint density at radius 2 is 1.80 bits per heavy atom. The summed E-state index contributed by atoms with van der Waals surface area (Å²) in [6, 6.07) is 6.06. The van der Waals surface area contributed by atoms with Gasteiger partial charge in [0.15, 0.2) is 5.78 Å². The maximum absolute atomic E-state index is 12.1. The van der Waals surface area contributed by atoms with E-state index < -0.39 is 0 Å². The number of benzene rings is 1. The van der Waals surface area contributed by atoms with Gasteiger partial charge in [-0.25, -0.2) is 0 Å². The highest BCUT2D eigenvalue weighted by Crippen LogP contribution is 2.19. The molecule has 0 aromatic heterocycles. The number of hydrogen-bond donors (Lipinski definition) is 0. The molecule has 1 nitrogen and oxygen atoms in total. The van der Waals surface area contributed by atoms with Crippen LogP contribution in [0.1, 0.15) is 48.2 Å². The molecule has 0 bridgehead atoms. The number of Topliss-reactive ketones (excluding diaryl/α,β-unsaturated/α-hetero) is 1. The van der Waals surface area contributed by atoms with Gasteiger partial charge in [-0.2, -0.15) is 0 Å². The normalized spacial score (nSPS) is 10.7. The number of rotatable bonds is 4. The Bertz CT molecular complexity index is 348. The van der Waals surface area contributed by atoms with Crippen LogP contribution in [0.3, 0.4) is 0 Å². The summed E-state index contributed by atoms with van der Waals surface area (Å²) in [6.07, 6.45) is 1.87. The monoisotopic (exact) mass is 204 g/mol. The van der Waals surface area contributed by atoms with Crippen molar-refractivity contribution < 1.29 is 4.79 Å². The Balaban J connectivity index is 3.00. The summed E-state index contributed by atoms with van der Waals surface area (Å²) in [7, 11) is 0. The predicted molar refractivity (Wildman–Crippen MR) is 64.3 cm³/mol. The van der Waals surface area contributed by atoms with Crippen molar-refractivity contribution >= 4 is 5.78 Å². The third kappa shape index (κ3) is 2.68. The van der Waals surface area contributed by atoms with E-state index in [2.05, 4.69) is 26.8 Å². The lowest BCUT2D eigenvalue weighted by atomic mass is 9.90. The summed E-state index contributed by atoms with van der Waals surface area (Å²) in [4.78, 5) is 12.1. The summed E-state index contributed by atoms with van der Waals surface area (Å²) < 4.78 is 0. The first-order valence-corrected chi connectivity index (χ1v) is 5.71. The van der Waals surface area contributed by atoms with Gasteiger partial charge in [0.25, 0.3) is 0 Å². The lowest BCUT2D eigenvalue weighted by Crippen LogP contribution is -2.14. The minimum absolute atomic E-state index is 0.186. The maximum atomic E-state index is 12.1. The van der Waals surface area contributed by atoms with E-state index in [9.17, 15) is 4.79 Å². The number of carbonyl (C=O) groups excluding carboxylic acids is 1. The molecule has 0 aliphatic heterocycles. The number of aryl methyl sites for hydroxylation is 2. The van der Waals surface area contributed by atoms with E-state index in [0.717, 1.165) is 24.0 Å². The first kappa shape index (κ1) is 12.0. The lowest BCUT2D eigenvalue weighted by molar-refractivity contribution is 0.0913. The second-order valence-corrected chi connectivity index (χ2v) is 4.20. The van der Waals surface area contributed by atoms with Gasteiger partial charge in [0.1, 0.15) is 0 Å². The first-order chi connectivity index (χ1) is 7.10.